The van der Waals surface area contributed by atoms with Gasteiger partial charge in [-0.05, 0) is 42.7 Å². The topological polar surface area (TPSA) is 39.4 Å². The van der Waals surface area contributed by atoms with E-state index in [-0.39, 0.29) is 5.41 Å². The third-order valence-electron chi connectivity index (χ3n) is 5.43. The van der Waals surface area contributed by atoms with E-state index in [4.69, 9.17) is 4.42 Å². The van der Waals surface area contributed by atoms with E-state index in [1.54, 1.807) is 0 Å². The van der Waals surface area contributed by atoms with Gasteiger partial charge in [0.25, 0.3) is 0 Å². The summed E-state index contributed by atoms with van der Waals surface area (Å²) in [5, 5.41) is 0. The molecule has 1 aromatic heterocycles. The van der Waals surface area contributed by atoms with Crippen LogP contribution in [0.2, 0.25) is 0 Å². The van der Waals surface area contributed by atoms with Crippen LogP contribution in [-0.2, 0) is 10.2 Å². The summed E-state index contributed by atoms with van der Waals surface area (Å²) in [4.78, 5) is 11.1. The quantitative estimate of drug-likeness (QED) is 0.627. The molecule has 0 atom stereocenters. The van der Waals surface area contributed by atoms with Gasteiger partial charge in [0.15, 0.2) is 0 Å². The molecule has 0 N–H and O–H groups in total. The normalized spacial score (nSPS) is 11.6. The van der Waals surface area contributed by atoms with Gasteiger partial charge >= 0.3 is 5.97 Å². The first-order valence-corrected chi connectivity index (χ1v) is 8.64. The number of furan rings is 1. The number of aryl methyl sites for hydroxylation is 1. The summed E-state index contributed by atoms with van der Waals surface area (Å²) in [6.07, 6.45) is 0. The van der Waals surface area contributed by atoms with Gasteiger partial charge in [0, 0.05) is 5.56 Å². The lowest BCUT2D eigenvalue weighted by Gasteiger charge is -2.39. The number of hydrogen-bond donors (Lipinski definition) is 0. The average Bonchev–Trinajstić information content (AvgIpc) is 2.82. The highest BCUT2D eigenvalue weighted by Crippen LogP contribution is 2.40. The van der Waals surface area contributed by atoms with Gasteiger partial charge in [-0.2, -0.15) is 0 Å². The maximum absolute atomic E-state index is 11.1. The summed E-state index contributed by atoms with van der Waals surface area (Å²) in [5.41, 5.74) is 3.82. The number of benzene rings is 1. The van der Waals surface area contributed by atoms with Crippen LogP contribution in [-0.4, -0.2) is 13.1 Å². The van der Waals surface area contributed by atoms with E-state index in [1.165, 1.54) is 12.7 Å². The summed E-state index contributed by atoms with van der Waals surface area (Å²) >= 11 is 0. The van der Waals surface area contributed by atoms with Crippen LogP contribution < -0.4 is 0 Å². The van der Waals surface area contributed by atoms with E-state index < -0.39 is 5.97 Å². The minimum atomic E-state index is -0.413. The predicted octanol–water partition coefficient (Wildman–Crippen LogP) is 6.00. The molecule has 0 saturated carbocycles. The van der Waals surface area contributed by atoms with Crippen molar-refractivity contribution in [2.45, 2.75) is 60.8 Å². The zero-order valence-corrected chi connectivity index (χ0v) is 17.1. The number of hydrogen-bond acceptors (Lipinski definition) is 3. The molecular weight excluding hydrogens is 312 g/mol. The Labute approximate surface area is 152 Å². The number of esters is 1. The van der Waals surface area contributed by atoms with Crippen molar-refractivity contribution < 1.29 is 13.9 Å². The summed E-state index contributed by atoms with van der Waals surface area (Å²) in [7, 11) is 1.34. The first-order chi connectivity index (χ1) is 11.4. The molecule has 0 aliphatic carbocycles. The number of carbonyl (C=O) groups excluding carboxylic acids is 1. The molecule has 25 heavy (non-hydrogen) atoms. The summed E-state index contributed by atoms with van der Waals surface area (Å²) in [6, 6.07) is 10.7. The Morgan fingerprint density at radius 3 is 1.80 bits per heavy atom. The highest BCUT2D eigenvalue weighted by molar-refractivity contribution is 5.88. The maximum atomic E-state index is 11.1. The van der Waals surface area contributed by atoms with E-state index in [0.717, 1.165) is 16.9 Å². The second kappa shape index (κ2) is 7.90. The molecule has 0 aliphatic rings. The molecule has 0 saturated heterocycles. The monoisotopic (exact) mass is 344 g/mol. The van der Waals surface area contributed by atoms with Gasteiger partial charge in [0.1, 0.15) is 5.76 Å². The van der Waals surface area contributed by atoms with Crippen LogP contribution in [0.15, 0.2) is 34.7 Å². The lowest BCUT2D eigenvalue weighted by atomic mass is 9.65. The van der Waals surface area contributed by atoms with Crippen molar-refractivity contribution in [3.05, 3.63) is 58.5 Å². The molecule has 3 nitrogen and oxygen atoms in total. The standard InChI is InChI=1S/C13H20.C9H12O3/c1-12(2,3)13(4,5)11-9-7-6-8-10-11;1-5-6(2)8(9(10)11-4)12-7(5)3/h6-10H,1-5H3;1-4H3. The van der Waals surface area contributed by atoms with Crippen molar-refractivity contribution in [2.75, 3.05) is 7.11 Å². The Kier molecular flexibility index (Phi) is 6.64. The second-order valence-electron chi connectivity index (χ2n) is 7.97. The van der Waals surface area contributed by atoms with Gasteiger partial charge in [-0.1, -0.05) is 65.0 Å². The van der Waals surface area contributed by atoms with Crippen molar-refractivity contribution in [2.24, 2.45) is 5.41 Å². The highest BCUT2D eigenvalue weighted by Gasteiger charge is 2.33. The van der Waals surface area contributed by atoms with Crippen molar-refractivity contribution in [1.29, 1.82) is 0 Å². The number of methoxy groups -OCH3 is 1. The number of carbonyl (C=O) groups is 1. The molecule has 0 spiro atoms. The SMILES string of the molecule is CC(C)(C)C(C)(C)c1ccccc1.COC(=O)c1oc(C)c(C)c1C. The van der Waals surface area contributed by atoms with Gasteiger partial charge in [-0.3, -0.25) is 0 Å². The fourth-order valence-corrected chi connectivity index (χ4v) is 2.32. The number of ether oxygens (including phenoxy) is 1. The Bertz CT molecular complexity index is 701. The van der Waals surface area contributed by atoms with Gasteiger partial charge in [0.05, 0.1) is 7.11 Å². The van der Waals surface area contributed by atoms with Crippen molar-refractivity contribution in [3.63, 3.8) is 0 Å². The largest absolute Gasteiger partial charge is 0.463 e. The molecule has 0 unspecified atom stereocenters. The summed E-state index contributed by atoms with van der Waals surface area (Å²) in [6.45, 7) is 17.1. The van der Waals surface area contributed by atoms with Gasteiger partial charge in [0.2, 0.25) is 5.76 Å². The van der Waals surface area contributed by atoms with Crippen LogP contribution in [0.3, 0.4) is 0 Å². The zero-order valence-electron chi connectivity index (χ0n) is 17.1. The minimum absolute atomic E-state index is 0.230. The smallest absolute Gasteiger partial charge is 0.374 e. The van der Waals surface area contributed by atoms with E-state index in [0.29, 0.717) is 11.2 Å². The highest BCUT2D eigenvalue weighted by atomic mass is 16.5. The van der Waals surface area contributed by atoms with Gasteiger partial charge in [-0.25, -0.2) is 4.79 Å². The van der Waals surface area contributed by atoms with Crippen LogP contribution in [0, 0.1) is 26.2 Å². The van der Waals surface area contributed by atoms with Crippen LogP contribution in [0.5, 0.6) is 0 Å². The Morgan fingerprint density at radius 2 is 1.44 bits per heavy atom. The minimum Gasteiger partial charge on any atom is -0.463 e. The fraction of sp³-hybridized carbons (Fsp3) is 0.500. The predicted molar refractivity (Wildman–Crippen MR) is 103 cm³/mol. The molecular formula is C22H32O3. The van der Waals surface area contributed by atoms with Crippen molar-refractivity contribution in [3.8, 4) is 0 Å². The van der Waals surface area contributed by atoms with Gasteiger partial charge in [-0.15, -0.1) is 0 Å². The molecule has 2 rings (SSSR count). The summed E-state index contributed by atoms with van der Waals surface area (Å²) < 4.78 is 9.78. The molecule has 2 aromatic rings. The Balaban J connectivity index is 0.000000251. The zero-order chi connectivity index (χ0) is 19.4. The molecule has 1 aromatic carbocycles. The Morgan fingerprint density at radius 1 is 0.920 bits per heavy atom. The third-order valence-corrected chi connectivity index (χ3v) is 5.43. The summed E-state index contributed by atoms with van der Waals surface area (Å²) in [5.74, 6) is 0.670. The molecule has 0 aliphatic heterocycles. The fourth-order valence-electron chi connectivity index (χ4n) is 2.32. The Hall–Kier alpha value is -2.03. The number of rotatable bonds is 2. The van der Waals surface area contributed by atoms with Crippen LogP contribution in [0.1, 0.15) is 67.6 Å². The lowest BCUT2D eigenvalue weighted by molar-refractivity contribution is 0.0562. The first-order valence-electron chi connectivity index (χ1n) is 8.64. The van der Waals surface area contributed by atoms with E-state index >= 15 is 0 Å². The van der Waals surface area contributed by atoms with Crippen molar-refractivity contribution in [1.82, 2.24) is 0 Å². The molecule has 0 fully saturated rings. The molecule has 3 heteroatoms. The van der Waals surface area contributed by atoms with Gasteiger partial charge < -0.3 is 9.15 Å². The third kappa shape index (κ3) is 4.75. The van der Waals surface area contributed by atoms with Crippen LogP contribution >= 0.6 is 0 Å². The molecule has 0 amide bonds. The maximum Gasteiger partial charge on any atom is 0.374 e. The van der Waals surface area contributed by atoms with E-state index in [1.807, 2.05) is 20.8 Å². The van der Waals surface area contributed by atoms with Crippen LogP contribution in [0.25, 0.3) is 0 Å². The van der Waals surface area contributed by atoms with Crippen molar-refractivity contribution >= 4 is 5.97 Å². The van der Waals surface area contributed by atoms with E-state index in [9.17, 15) is 4.79 Å². The second-order valence-corrected chi connectivity index (χ2v) is 7.97. The lowest BCUT2D eigenvalue weighted by Crippen LogP contribution is -2.33. The molecule has 0 radical (unpaired) electrons. The molecule has 0 bridgehead atoms. The molecule has 1 heterocycles. The van der Waals surface area contributed by atoms with Crippen LogP contribution in [0.4, 0.5) is 0 Å². The molecule has 138 valence electrons. The average molecular weight is 344 g/mol. The first kappa shape index (κ1) is 21.0. The van der Waals surface area contributed by atoms with E-state index in [2.05, 4.69) is 69.7 Å².